The summed E-state index contributed by atoms with van der Waals surface area (Å²) in [7, 11) is 0. The quantitative estimate of drug-likeness (QED) is 0.395. The first-order valence-electron chi connectivity index (χ1n) is 12.3. The molecule has 0 aliphatic heterocycles. The summed E-state index contributed by atoms with van der Waals surface area (Å²) in [4.78, 5) is 49.6. The second-order valence-corrected chi connectivity index (χ2v) is 11.2. The average Bonchev–Trinajstić information content (AvgIpc) is 2.74. The van der Waals surface area contributed by atoms with Crippen LogP contribution in [0, 0.1) is 11.3 Å². The molecule has 202 valence electrons. The van der Waals surface area contributed by atoms with Gasteiger partial charge in [0, 0.05) is 5.69 Å². The molecular weight excluding hydrogens is 462 g/mol. The third kappa shape index (κ3) is 11.7. The van der Waals surface area contributed by atoms with Gasteiger partial charge in [0.05, 0.1) is 24.0 Å². The molecule has 1 rings (SSSR count). The van der Waals surface area contributed by atoms with Crippen LogP contribution >= 0.6 is 0 Å². The maximum Gasteiger partial charge on any atom is 0.311 e. The highest BCUT2D eigenvalue weighted by Gasteiger charge is 2.27. The number of rotatable bonds is 11. The van der Waals surface area contributed by atoms with Gasteiger partial charge in [-0.25, -0.2) is 0 Å². The lowest BCUT2D eigenvalue weighted by Gasteiger charge is -2.24. The van der Waals surface area contributed by atoms with E-state index in [0.717, 1.165) is 5.56 Å². The van der Waals surface area contributed by atoms with Gasteiger partial charge < -0.3 is 25.4 Å². The average molecular weight is 506 g/mol. The lowest BCUT2D eigenvalue weighted by atomic mass is 9.97. The lowest BCUT2D eigenvalue weighted by Crippen LogP contribution is -2.53. The number of benzene rings is 1. The van der Waals surface area contributed by atoms with Crippen molar-refractivity contribution in [2.45, 2.75) is 93.0 Å². The first-order chi connectivity index (χ1) is 16.5. The smallest absolute Gasteiger partial charge is 0.311 e. The number of carbonyl (C=O) groups is 4. The Kier molecular flexibility index (Phi) is 11.6. The zero-order valence-electron chi connectivity index (χ0n) is 23.1. The van der Waals surface area contributed by atoms with E-state index in [1.807, 2.05) is 34.6 Å². The van der Waals surface area contributed by atoms with Crippen molar-refractivity contribution in [3.05, 3.63) is 29.8 Å². The molecule has 9 heteroatoms. The highest BCUT2D eigenvalue weighted by molar-refractivity contribution is 5.98. The molecule has 0 aliphatic rings. The molecule has 0 aliphatic carbocycles. The number of carbonyl (C=O) groups excluding carboxylic acids is 4. The van der Waals surface area contributed by atoms with E-state index in [4.69, 9.17) is 9.47 Å². The molecule has 1 aromatic rings. The fourth-order valence-corrected chi connectivity index (χ4v) is 2.90. The van der Waals surface area contributed by atoms with Gasteiger partial charge in [-0.3, -0.25) is 19.2 Å². The van der Waals surface area contributed by atoms with E-state index in [9.17, 15) is 19.2 Å². The standard InChI is InChI=1S/C27H43N3O6/c1-17(2)22(30-21(31)14-15-36-27(7,8)9)24(33)28-18(3)23(32)29-20-12-10-19(11-13-20)16-35-25(34)26(4,5)6/h10-13,17-18,22H,14-16H2,1-9H3,(H,28,33)(H,29,32)(H,30,31)/t18-,22-/m0/s1. The number of nitrogens with one attached hydrogen (secondary N) is 3. The number of hydrogen-bond donors (Lipinski definition) is 3. The molecule has 0 bridgehead atoms. The molecule has 3 N–H and O–H groups in total. The van der Waals surface area contributed by atoms with Crippen LogP contribution in [0.5, 0.6) is 0 Å². The molecule has 1 aromatic carbocycles. The van der Waals surface area contributed by atoms with Crippen LogP contribution in [0.1, 0.15) is 74.3 Å². The Hall–Kier alpha value is -2.94. The zero-order chi connectivity index (χ0) is 27.7. The van der Waals surface area contributed by atoms with Crippen molar-refractivity contribution in [1.29, 1.82) is 0 Å². The Balaban J connectivity index is 2.60. The second-order valence-electron chi connectivity index (χ2n) is 11.2. The summed E-state index contributed by atoms with van der Waals surface area (Å²) in [6.07, 6.45) is 0.134. The highest BCUT2D eigenvalue weighted by atomic mass is 16.5. The first-order valence-corrected chi connectivity index (χ1v) is 12.3. The van der Waals surface area contributed by atoms with Gasteiger partial charge in [0.2, 0.25) is 17.7 Å². The predicted molar refractivity (Wildman–Crippen MR) is 139 cm³/mol. The Labute approximate surface area is 215 Å². The van der Waals surface area contributed by atoms with Crippen molar-refractivity contribution in [2.24, 2.45) is 11.3 Å². The molecule has 0 fully saturated rings. The molecule has 36 heavy (non-hydrogen) atoms. The predicted octanol–water partition coefficient (Wildman–Crippen LogP) is 3.57. The number of ether oxygens (including phenoxy) is 2. The highest BCUT2D eigenvalue weighted by Crippen LogP contribution is 2.17. The van der Waals surface area contributed by atoms with Crippen molar-refractivity contribution in [2.75, 3.05) is 11.9 Å². The second kappa shape index (κ2) is 13.4. The monoisotopic (exact) mass is 505 g/mol. The van der Waals surface area contributed by atoms with Crippen molar-refractivity contribution in [1.82, 2.24) is 10.6 Å². The van der Waals surface area contributed by atoms with Crippen LogP contribution in [0.2, 0.25) is 0 Å². The van der Waals surface area contributed by atoms with Crippen molar-refractivity contribution >= 4 is 29.4 Å². The Morgan fingerprint density at radius 1 is 0.861 bits per heavy atom. The van der Waals surface area contributed by atoms with Crippen molar-refractivity contribution in [3.8, 4) is 0 Å². The summed E-state index contributed by atoms with van der Waals surface area (Å²) < 4.78 is 10.9. The van der Waals surface area contributed by atoms with Crippen LogP contribution in [-0.4, -0.2) is 48.0 Å². The molecular formula is C27H43N3O6. The third-order valence-corrected chi connectivity index (χ3v) is 5.09. The number of hydrogen-bond acceptors (Lipinski definition) is 6. The first kappa shape index (κ1) is 31.1. The van der Waals surface area contributed by atoms with Crippen LogP contribution in [0.3, 0.4) is 0 Å². The van der Waals surface area contributed by atoms with Crippen molar-refractivity contribution in [3.63, 3.8) is 0 Å². The van der Waals surface area contributed by atoms with E-state index < -0.39 is 29.3 Å². The fraction of sp³-hybridized carbons (Fsp3) is 0.630. The van der Waals surface area contributed by atoms with E-state index in [-0.39, 0.29) is 43.0 Å². The summed E-state index contributed by atoms with van der Waals surface area (Å²) in [6, 6.07) is 5.29. The minimum absolute atomic E-state index is 0.134. The number of anilines is 1. The van der Waals surface area contributed by atoms with E-state index >= 15 is 0 Å². The summed E-state index contributed by atoms with van der Waals surface area (Å²) in [5.41, 5.74) is 0.402. The van der Waals surface area contributed by atoms with Crippen LogP contribution in [0.25, 0.3) is 0 Å². The van der Waals surface area contributed by atoms with Gasteiger partial charge in [0.1, 0.15) is 18.7 Å². The van der Waals surface area contributed by atoms with Crippen LogP contribution in [-0.2, 0) is 35.3 Å². The zero-order valence-corrected chi connectivity index (χ0v) is 23.1. The third-order valence-electron chi connectivity index (χ3n) is 5.09. The molecule has 0 saturated carbocycles. The summed E-state index contributed by atoms with van der Waals surface area (Å²) in [5, 5.41) is 8.15. The molecule has 2 atom stereocenters. The maximum absolute atomic E-state index is 12.8. The van der Waals surface area contributed by atoms with Gasteiger partial charge in [-0.2, -0.15) is 0 Å². The molecule has 0 aromatic heterocycles. The van der Waals surface area contributed by atoms with E-state index in [1.54, 1.807) is 52.0 Å². The molecule has 0 unspecified atom stereocenters. The van der Waals surface area contributed by atoms with Crippen LogP contribution in [0.4, 0.5) is 5.69 Å². The van der Waals surface area contributed by atoms with E-state index in [2.05, 4.69) is 16.0 Å². The Bertz CT molecular complexity index is 898. The SMILES string of the molecule is CC(C)[C@H](NC(=O)CCOC(C)(C)C)C(=O)N[C@@H](C)C(=O)Nc1ccc(COC(=O)C(C)(C)C)cc1. The fourth-order valence-electron chi connectivity index (χ4n) is 2.90. The Morgan fingerprint density at radius 3 is 1.94 bits per heavy atom. The topological polar surface area (TPSA) is 123 Å². The molecule has 9 nitrogen and oxygen atoms in total. The van der Waals surface area contributed by atoms with Gasteiger partial charge in [-0.1, -0.05) is 26.0 Å². The minimum atomic E-state index is -0.827. The van der Waals surface area contributed by atoms with E-state index in [1.165, 1.54) is 0 Å². The minimum Gasteiger partial charge on any atom is -0.460 e. The molecule has 3 amide bonds. The van der Waals surface area contributed by atoms with Crippen LogP contribution in [0.15, 0.2) is 24.3 Å². The summed E-state index contributed by atoms with van der Waals surface area (Å²) in [5.74, 6) is -1.60. The summed E-state index contributed by atoms with van der Waals surface area (Å²) >= 11 is 0. The van der Waals surface area contributed by atoms with Gasteiger partial charge in [-0.15, -0.1) is 0 Å². The van der Waals surface area contributed by atoms with E-state index in [0.29, 0.717) is 5.69 Å². The molecule has 0 heterocycles. The number of esters is 1. The normalized spacial score (nSPS) is 13.5. The molecule has 0 spiro atoms. The number of amides is 3. The maximum atomic E-state index is 12.8. The largest absolute Gasteiger partial charge is 0.460 e. The van der Waals surface area contributed by atoms with Crippen molar-refractivity contribution < 1.29 is 28.7 Å². The van der Waals surface area contributed by atoms with Gasteiger partial charge >= 0.3 is 5.97 Å². The van der Waals surface area contributed by atoms with Crippen LogP contribution < -0.4 is 16.0 Å². The summed E-state index contributed by atoms with van der Waals surface area (Å²) in [6.45, 7) is 16.7. The molecule has 0 saturated heterocycles. The van der Waals surface area contributed by atoms with Gasteiger partial charge in [-0.05, 0) is 72.1 Å². The van der Waals surface area contributed by atoms with Gasteiger partial charge in [0.15, 0.2) is 0 Å². The lowest BCUT2D eigenvalue weighted by molar-refractivity contribution is -0.154. The van der Waals surface area contributed by atoms with Gasteiger partial charge in [0.25, 0.3) is 0 Å². The molecule has 0 radical (unpaired) electrons. The Morgan fingerprint density at radius 2 is 1.44 bits per heavy atom.